The van der Waals surface area contributed by atoms with Gasteiger partial charge in [-0.25, -0.2) is 19.8 Å². The van der Waals surface area contributed by atoms with Gasteiger partial charge in [0.25, 0.3) is 0 Å². The van der Waals surface area contributed by atoms with Crippen LogP contribution >= 0.6 is 0 Å². The highest BCUT2D eigenvalue weighted by atomic mass is 16.4. The second-order valence-corrected chi connectivity index (χ2v) is 24.7. The van der Waals surface area contributed by atoms with Crippen molar-refractivity contribution in [2.75, 3.05) is 19.6 Å². The van der Waals surface area contributed by atoms with Crippen LogP contribution in [0.3, 0.4) is 0 Å². The number of amides is 9. The van der Waals surface area contributed by atoms with E-state index < -0.39 is 156 Å². The van der Waals surface area contributed by atoms with E-state index in [1.807, 2.05) is 13.8 Å². The number of carbonyl (C=O) groups excluding carboxylic acids is 9. The molecule has 5 aliphatic rings. The fourth-order valence-electron chi connectivity index (χ4n) is 11.4. The van der Waals surface area contributed by atoms with Crippen molar-refractivity contribution in [3.63, 3.8) is 0 Å². The average molecular weight is 1270 g/mol. The Hall–Kier alpha value is -8.18. The van der Waals surface area contributed by atoms with Crippen LogP contribution in [0, 0.1) is 17.8 Å². The van der Waals surface area contributed by atoms with Gasteiger partial charge < -0.3 is 68.7 Å². The highest BCUT2D eigenvalue weighted by molar-refractivity contribution is 5.98. The second kappa shape index (κ2) is 36.0. The number of nitrogens with two attached hydrogens (primary N) is 1. The molecule has 1 aromatic carbocycles. The number of benzene rings is 1. The number of carboxylic acid groups (broad SMARTS) is 1. The summed E-state index contributed by atoms with van der Waals surface area (Å²) in [7, 11) is 0. The van der Waals surface area contributed by atoms with E-state index in [1.54, 1.807) is 64.2 Å². The Labute approximate surface area is 530 Å². The first-order chi connectivity index (χ1) is 43.5. The van der Waals surface area contributed by atoms with Crippen molar-refractivity contribution in [3.8, 4) is 0 Å². The quantitative estimate of drug-likeness (QED) is 0.0363. The molecule has 15 atom stereocenters. The number of nitrogens with zero attached hydrogens (tertiary/aromatic N) is 7. The van der Waals surface area contributed by atoms with Gasteiger partial charge >= 0.3 is 5.97 Å². The number of aliphatic hydroxyl groups is 1. The van der Waals surface area contributed by atoms with Crippen LogP contribution in [0.4, 0.5) is 0 Å². The maximum atomic E-state index is 14.8. The van der Waals surface area contributed by atoms with Crippen molar-refractivity contribution in [1.82, 2.24) is 52.8 Å². The number of likely N-dealkylation sites (tertiary alicyclic amines) is 1. The zero-order valence-corrected chi connectivity index (χ0v) is 52.9. The van der Waals surface area contributed by atoms with E-state index >= 15 is 0 Å². The zero-order valence-electron chi connectivity index (χ0n) is 52.9. The van der Waals surface area contributed by atoms with Gasteiger partial charge in [-0.05, 0) is 87.8 Å². The van der Waals surface area contributed by atoms with Gasteiger partial charge in [-0.15, -0.1) is 0 Å². The summed E-state index contributed by atoms with van der Waals surface area (Å²) >= 11 is 0. The number of aliphatic imine (C=N–C) groups is 6. The van der Waals surface area contributed by atoms with Crippen molar-refractivity contribution in [3.05, 3.63) is 35.9 Å². The number of aliphatic carboxylic acids is 1. The van der Waals surface area contributed by atoms with Crippen LogP contribution in [0.2, 0.25) is 0 Å². The molecule has 0 aromatic heterocycles. The topological polar surface area (TPSA) is 423 Å². The van der Waals surface area contributed by atoms with Crippen molar-refractivity contribution in [1.29, 1.82) is 0 Å². The van der Waals surface area contributed by atoms with Crippen LogP contribution < -0.4 is 53.6 Å². The molecule has 5 heterocycles. The van der Waals surface area contributed by atoms with Crippen molar-refractivity contribution < 1.29 is 58.2 Å². The maximum Gasteiger partial charge on any atom is 0.326 e. The number of nitrogens with one attached hydrogen (secondary N) is 9. The minimum absolute atomic E-state index is 0.0219. The molecule has 0 saturated carbocycles. The van der Waals surface area contributed by atoms with E-state index in [1.165, 1.54) is 36.3 Å². The lowest BCUT2D eigenvalue weighted by Gasteiger charge is -2.31. The Morgan fingerprint density at radius 2 is 1.20 bits per heavy atom. The number of hydrogen-bond acceptors (Lipinski definition) is 19. The molecular weight excluding hydrogens is 1170 g/mol. The number of unbranched alkanes of at least 4 members (excludes halogenated alkanes) is 1. The Morgan fingerprint density at radius 1 is 0.637 bits per heavy atom. The molecule has 13 N–H and O–H groups in total. The molecule has 498 valence electrons. The SMILES string of the molecule is CC[C@H](C)[C@H](NC(=O)[C@@H](NC(=O)C[C@H](O)[C@H](CC(C)C)NC(=O)[C@H](CC1C=NC=N1)NC(=O)[C@H](Cc1ccccc1)NC(=O)[C@@H]1CCCN1C(=O)[C@H](CC1C=NC=N1)NC(=O)[C@@H]1CCCN1)C(C)C)C(=O)N[C@@H](CC1C=NC=N1)C(=O)N[C@@H](CCCCN)C(=O)O. The minimum atomic E-state index is -1.55. The number of carboxylic acids is 1. The van der Waals surface area contributed by atoms with Crippen LogP contribution in [0.5, 0.6) is 0 Å². The standard InChI is InChI=1S/C62H93N17O12/c1-7-37(6)53(60(88)75-47(26-40-30-65-33-69-40)56(84)71-43(62(90)91)17-11-12-20-63)78-59(87)52(36(4)5)77-51(81)28-50(80)44(23-35(2)3)72-57(85)46(25-39-29-64-32-68-39)73-55(83)45(24-38-15-9-8-10-16-38)74-58(86)49-19-14-22-79(49)61(89)48(27-41-31-66-34-70-41)76-54(82)42-18-13-21-67-42/h8-10,15-16,29-37,39-50,52-53,67,80H,7,11-14,17-28,63H2,1-6H3,(H,71,84)(H,72,85)(H,73,83)(H,74,86)(H,75,88)(H,76,82)(H,77,81)(H,78,87)(H,90,91)/t37-,39?,40?,41?,42-,43-,44-,45-,46-,47-,48-,49-,50-,52-,53-/m0/s1. The first kappa shape index (κ1) is 71.9. The van der Waals surface area contributed by atoms with Gasteiger partial charge in [-0.3, -0.25) is 58.1 Å². The smallest absolute Gasteiger partial charge is 0.326 e. The van der Waals surface area contributed by atoms with Crippen molar-refractivity contribution in [2.24, 2.45) is 53.4 Å². The Kier molecular flexibility index (Phi) is 28.5. The fraction of sp³-hybridized carbons (Fsp3) is 0.645. The molecule has 29 nitrogen and oxygen atoms in total. The molecule has 0 spiro atoms. The van der Waals surface area contributed by atoms with Crippen LogP contribution in [0.1, 0.15) is 131 Å². The van der Waals surface area contributed by atoms with Crippen molar-refractivity contribution >= 4 is 96.8 Å². The molecule has 2 fully saturated rings. The lowest BCUT2D eigenvalue weighted by Crippen LogP contribution is -2.60. The summed E-state index contributed by atoms with van der Waals surface area (Å²) in [5, 5.41) is 47.0. The van der Waals surface area contributed by atoms with E-state index in [4.69, 9.17) is 5.73 Å². The van der Waals surface area contributed by atoms with Gasteiger partial charge in [0.2, 0.25) is 53.2 Å². The van der Waals surface area contributed by atoms with E-state index in [-0.39, 0.29) is 63.3 Å². The molecular formula is C62H93N17O12. The van der Waals surface area contributed by atoms with Gasteiger partial charge in [-0.2, -0.15) is 0 Å². The molecule has 0 bridgehead atoms. The van der Waals surface area contributed by atoms with Gasteiger partial charge in [0.1, 0.15) is 67.4 Å². The largest absolute Gasteiger partial charge is 0.480 e. The Bertz CT molecular complexity index is 2830. The molecule has 1 aromatic rings. The number of aliphatic hydroxyl groups excluding tert-OH is 1. The molecule has 9 amide bonds. The van der Waals surface area contributed by atoms with E-state index in [9.17, 15) is 58.2 Å². The van der Waals surface area contributed by atoms with E-state index in [0.29, 0.717) is 50.8 Å². The molecule has 5 aliphatic heterocycles. The molecule has 0 aliphatic carbocycles. The van der Waals surface area contributed by atoms with Gasteiger partial charge in [0.15, 0.2) is 0 Å². The summed E-state index contributed by atoms with van der Waals surface area (Å²) in [4.78, 5) is 166. The summed E-state index contributed by atoms with van der Waals surface area (Å²) in [5.74, 6) is -8.47. The fourth-order valence-corrected chi connectivity index (χ4v) is 11.4. The van der Waals surface area contributed by atoms with Gasteiger partial charge in [0.05, 0.1) is 42.7 Å². The zero-order chi connectivity index (χ0) is 66.1. The minimum Gasteiger partial charge on any atom is -0.480 e. The van der Waals surface area contributed by atoms with E-state index in [2.05, 4.69) is 77.8 Å². The summed E-state index contributed by atoms with van der Waals surface area (Å²) in [6.45, 7) is 11.8. The normalized spacial score (nSPS) is 22.1. The molecule has 91 heavy (non-hydrogen) atoms. The third-order valence-electron chi connectivity index (χ3n) is 16.7. The summed E-state index contributed by atoms with van der Waals surface area (Å²) < 4.78 is 0. The lowest BCUT2D eigenvalue weighted by atomic mass is 9.94. The van der Waals surface area contributed by atoms with Crippen LogP contribution in [-0.2, 0) is 54.4 Å². The average Bonchev–Trinajstić information content (AvgIpc) is 2.00. The predicted octanol–water partition coefficient (Wildman–Crippen LogP) is -0.823. The molecule has 6 rings (SSSR count). The molecule has 29 heteroatoms. The first-order valence-corrected chi connectivity index (χ1v) is 31.8. The van der Waals surface area contributed by atoms with Gasteiger partial charge in [0, 0.05) is 50.9 Å². The number of rotatable bonds is 37. The third kappa shape index (κ3) is 22.3. The third-order valence-corrected chi connectivity index (χ3v) is 16.7. The summed E-state index contributed by atoms with van der Waals surface area (Å²) in [6, 6.07) is -4.14. The monoisotopic (exact) mass is 1270 g/mol. The second-order valence-electron chi connectivity index (χ2n) is 24.7. The molecule has 0 radical (unpaired) electrons. The van der Waals surface area contributed by atoms with Crippen LogP contribution in [0.15, 0.2) is 60.3 Å². The Morgan fingerprint density at radius 3 is 1.74 bits per heavy atom. The maximum absolute atomic E-state index is 14.8. The highest BCUT2D eigenvalue weighted by Gasteiger charge is 2.42. The predicted molar refractivity (Wildman–Crippen MR) is 342 cm³/mol. The Balaban J connectivity index is 1.14. The molecule has 2 saturated heterocycles. The molecule has 3 unspecified atom stereocenters. The van der Waals surface area contributed by atoms with Crippen molar-refractivity contribution in [2.45, 2.75) is 216 Å². The summed E-state index contributed by atoms with van der Waals surface area (Å²) in [6.07, 6.45) is 10.1. The first-order valence-electron chi connectivity index (χ1n) is 31.8. The number of carbonyl (C=O) groups is 10. The summed E-state index contributed by atoms with van der Waals surface area (Å²) in [5.41, 5.74) is 6.27. The number of hydrogen-bond donors (Lipinski definition) is 12. The lowest BCUT2D eigenvalue weighted by molar-refractivity contribution is -0.142. The van der Waals surface area contributed by atoms with Crippen LogP contribution in [0.25, 0.3) is 0 Å². The highest BCUT2D eigenvalue weighted by Crippen LogP contribution is 2.23. The van der Waals surface area contributed by atoms with E-state index in [0.717, 1.165) is 6.42 Å². The van der Waals surface area contributed by atoms with Gasteiger partial charge in [-0.1, -0.05) is 78.3 Å². The van der Waals surface area contributed by atoms with Crippen LogP contribution in [-0.4, -0.2) is 216 Å².